The predicted molar refractivity (Wildman–Crippen MR) is 85.3 cm³/mol. The van der Waals surface area contributed by atoms with Crippen LogP contribution in [0.4, 0.5) is 0 Å². The monoisotopic (exact) mass is 268 g/mol. The van der Waals surface area contributed by atoms with Crippen molar-refractivity contribution in [2.75, 3.05) is 0 Å². The molecule has 0 heterocycles. The second-order valence-corrected chi connectivity index (χ2v) is 5.72. The SMILES string of the molecule is CCCCCCCC/C=C\B(OC(C)C)OC(C)C. The lowest BCUT2D eigenvalue weighted by Gasteiger charge is -2.16. The average Bonchev–Trinajstić information content (AvgIpc) is 2.30. The van der Waals surface area contributed by atoms with Crippen LogP contribution in [0.5, 0.6) is 0 Å². The van der Waals surface area contributed by atoms with E-state index < -0.39 is 0 Å². The molecule has 0 aromatic heterocycles. The third-order valence-corrected chi connectivity index (χ3v) is 2.83. The van der Waals surface area contributed by atoms with E-state index in [9.17, 15) is 0 Å². The molecule has 0 fully saturated rings. The Morgan fingerprint density at radius 2 is 1.37 bits per heavy atom. The maximum absolute atomic E-state index is 5.71. The van der Waals surface area contributed by atoms with Gasteiger partial charge in [0.1, 0.15) is 0 Å². The predicted octanol–water partition coefficient (Wildman–Crippen LogP) is 5.17. The Morgan fingerprint density at radius 1 is 0.842 bits per heavy atom. The molecule has 0 rings (SSSR count). The van der Waals surface area contributed by atoms with E-state index in [1.165, 1.54) is 38.5 Å². The highest BCUT2D eigenvalue weighted by Crippen LogP contribution is 2.08. The van der Waals surface area contributed by atoms with Crippen LogP contribution in [0.1, 0.15) is 79.6 Å². The second kappa shape index (κ2) is 12.7. The van der Waals surface area contributed by atoms with Crippen LogP contribution in [-0.2, 0) is 9.31 Å². The van der Waals surface area contributed by atoms with E-state index in [0.717, 1.165) is 6.42 Å². The molecule has 0 aliphatic heterocycles. The van der Waals surface area contributed by atoms with Crippen LogP contribution in [0.15, 0.2) is 12.1 Å². The summed E-state index contributed by atoms with van der Waals surface area (Å²) in [6.07, 6.45) is 11.8. The van der Waals surface area contributed by atoms with E-state index in [4.69, 9.17) is 9.31 Å². The Bertz CT molecular complexity index is 205. The molecule has 0 aromatic carbocycles. The summed E-state index contributed by atoms with van der Waals surface area (Å²) < 4.78 is 11.4. The Labute approximate surface area is 121 Å². The summed E-state index contributed by atoms with van der Waals surface area (Å²) >= 11 is 0. The molecule has 2 nitrogen and oxygen atoms in total. The van der Waals surface area contributed by atoms with Gasteiger partial charge in [0.15, 0.2) is 0 Å². The van der Waals surface area contributed by atoms with Crippen molar-refractivity contribution in [3.63, 3.8) is 0 Å². The van der Waals surface area contributed by atoms with Gasteiger partial charge in [0, 0.05) is 12.2 Å². The van der Waals surface area contributed by atoms with Crippen LogP contribution in [0, 0.1) is 0 Å². The fourth-order valence-electron chi connectivity index (χ4n) is 1.91. The normalized spacial score (nSPS) is 11.9. The fraction of sp³-hybridized carbons (Fsp3) is 0.875. The number of hydrogen-bond acceptors (Lipinski definition) is 2. The molecule has 19 heavy (non-hydrogen) atoms. The van der Waals surface area contributed by atoms with Gasteiger partial charge in [0.25, 0.3) is 0 Å². The van der Waals surface area contributed by atoms with Crippen molar-refractivity contribution in [1.29, 1.82) is 0 Å². The molecule has 0 atom stereocenters. The van der Waals surface area contributed by atoms with Gasteiger partial charge < -0.3 is 9.31 Å². The lowest BCUT2D eigenvalue weighted by atomic mass is 9.88. The van der Waals surface area contributed by atoms with Gasteiger partial charge >= 0.3 is 7.12 Å². The maximum Gasteiger partial charge on any atom is 0.486 e. The van der Waals surface area contributed by atoms with Crippen molar-refractivity contribution in [2.45, 2.75) is 91.8 Å². The number of hydrogen-bond donors (Lipinski definition) is 0. The van der Waals surface area contributed by atoms with Gasteiger partial charge in [-0.25, -0.2) is 0 Å². The summed E-state index contributed by atoms with van der Waals surface area (Å²) in [4.78, 5) is 0. The van der Waals surface area contributed by atoms with E-state index in [1.807, 2.05) is 27.7 Å². The van der Waals surface area contributed by atoms with Gasteiger partial charge in [-0.15, -0.1) is 0 Å². The Hall–Kier alpha value is -0.275. The molecule has 0 saturated heterocycles. The quantitative estimate of drug-likeness (QED) is 0.359. The maximum atomic E-state index is 5.71. The zero-order valence-electron chi connectivity index (χ0n) is 13.7. The highest BCUT2D eigenvalue weighted by atomic mass is 16.6. The van der Waals surface area contributed by atoms with E-state index in [1.54, 1.807) is 0 Å². The first-order chi connectivity index (χ1) is 9.06. The van der Waals surface area contributed by atoms with Gasteiger partial charge in [0.05, 0.1) is 0 Å². The lowest BCUT2D eigenvalue weighted by Crippen LogP contribution is -2.27. The summed E-state index contributed by atoms with van der Waals surface area (Å²) in [6.45, 7) is 10.4. The van der Waals surface area contributed by atoms with Gasteiger partial charge in [-0.05, 0) is 40.5 Å². The fourth-order valence-corrected chi connectivity index (χ4v) is 1.91. The van der Waals surface area contributed by atoms with Crippen molar-refractivity contribution >= 4 is 7.12 Å². The molecule has 0 aliphatic carbocycles. The second-order valence-electron chi connectivity index (χ2n) is 5.72. The molecule has 0 bridgehead atoms. The molecule has 0 amide bonds. The van der Waals surface area contributed by atoms with Crippen LogP contribution in [-0.4, -0.2) is 19.3 Å². The number of unbranched alkanes of at least 4 members (excludes halogenated alkanes) is 6. The van der Waals surface area contributed by atoms with Gasteiger partial charge in [-0.2, -0.15) is 0 Å². The first-order valence-electron chi connectivity index (χ1n) is 8.03. The van der Waals surface area contributed by atoms with Crippen LogP contribution >= 0.6 is 0 Å². The first kappa shape index (κ1) is 18.7. The molecular weight excluding hydrogens is 235 g/mol. The minimum Gasteiger partial charge on any atom is -0.405 e. The minimum absolute atomic E-state index is 0.194. The molecular formula is C16H33BO2. The van der Waals surface area contributed by atoms with E-state index >= 15 is 0 Å². The highest BCUT2D eigenvalue weighted by molar-refractivity contribution is 6.50. The lowest BCUT2D eigenvalue weighted by molar-refractivity contribution is 0.138. The Balaban J connectivity index is 3.72. The van der Waals surface area contributed by atoms with E-state index in [2.05, 4.69) is 19.0 Å². The van der Waals surface area contributed by atoms with Gasteiger partial charge in [-0.1, -0.05) is 51.1 Å². The summed E-state index contributed by atoms with van der Waals surface area (Å²) in [5.74, 6) is 2.06. The van der Waals surface area contributed by atoms with Crippen molar-refractivity contribution in [3.05, 3.63) is 12.1 Å². The van der Waals surface area contributed by atoms with Crippen LogP contribution in [0.25, 0.3) is 0 Å². The topological polar surface area (TPSA) is 18.5 Å². The standard InChI is InChI=1S/C16H33BO2/c1-6-7-8-9-10-11-12-13-14-17(18-15(2)3)19-16(4)5/h13-16H,6-12H2,1-5H3/b14-13-. The van der Waals surface area contributed by atoms with Gasteiger partial charge in [-0.3, -0.25) is 0 Å². The molecule has 0 unspecified atom stereocenters. The third kappa shape index (κ3) is 14.0. The molecule has 112 valence electrons. The Morgan fingerprint density at radius 3 is 1.89 bits per heavy atom. The summed E-state index contributed by atoms with van der Waals surface area (Å²) in [5.41, 5.74) is 0. The van der Waals surface area contributed by atoms with Crippen LogP contribution < -0.4 is 0 Å². The minimum atomic E-state index is -0.194. The zero-order chi connectivity index (χ0) is 14.5. The highest BCUT2D eigenvalue weighted by Gasteiger charge is 2.17. The van der Waals surface area contributed by atoms with Crippen molar-refractivity contribution in [1.82, 2.24) is 0 Å². The molecule has 3 heteroatoms. The molecule has 0 N–H and O–H groups in total. The van der Waals surface area contributed by atoms with E-state index in [-0.39, 0.29) is 19.3 Å². The Kier molecular flexibility index (Phi) is 12.6. The average molecular weight is 268 g/mol. The van der Waals surface area contributed by atoms with Crippen molar-refractivity contribution in [3.8, 4) is 0 Å². The summed E-state index contributed by atoms with van der Waals surface area (Å²) in [5, 5.41) is 0. The zero-order valence-corrected chi connectivity index (χ0v) is 13.7. The molecule has 0 aliphatic rings. The molecule has 0 spiro atoms. The molecule has 0 saturated carbocycles. The molecule has 0 radical (unpaired) electrons. The van der Waals surface area contributed by atoms with Crippen molar-refractivity contribution in [2.24, 2.45) is 0 Å². The molecule has 0 aromatic rings. The third-order valence-electron chi connectivity index (χ3n) is 2.83. The summed E-state index contributed by atoms with van der Waals surface area (Å²) in [7, 11) is -0.194. The van der Waals surface area contributed by atoms with Crippen molar-refractivity contribution < 1.29 is 9.31 Å². The summed E-state index contributed by atoms with van der Waals surface area (Å²) in [6, 6.07) is 0. The van der Waals surface area contributed by atoms with Gasteiger partial charge in [0.2, 0.25) is 0 Å². The van der Waals surface area contributed by atoms with Crippen LogP contribution in [0.2, 0.25) is 0 Å². The van der Waals surface area contributed by atoms with Crippen LogP contribution in [0.3, 0.4) is 0 Å². The largest absolute Gasteiger partial charge is 0.486 e. The smallest absolute Gasteiger partial charge is 0.405 e. The first-order valence-corrected chi connectivity index (χ1v) is 8.03. The number of allylic oxidation sites excluding steroid dienone is 1. The number of rotatable bonds is 12. The van der Waals surface area contributed by atoms with E-state index in [0.29, 0.717) is 0 Å².